The monoisotopic (exact) mass is 338 g/mol. The number of ether oxygens (including phenoxy) is 1. The van der Waals surface area contributed by atoms with E-state index in [2.05, 4.69) is 47.7 Å². The summed E-state index contributed by atoms with van der Waals surface area (Å²) in [5.41, 5.74) is 3.70. The molecule has 0 aliphatic rings. The van der Waals surface area contributed by atoms with Crippen LogP contribution in [0.3, 0.4) is 0 Å². The molecule has 0 saturated heterocycles. The van der Waals surface area contributed by atoms with E-state index in [4.69, 9.17) is 4.74 Å². The van der Waals surface area contributed by atoms with Gasteiger partial charge in [-0.3, -0.25) is 0 Å². The Hall–Kier alpha value is -2.30. The zero-order valence-corrected chi connectivity index (χ0v) is 14.7. The summed E-state index contributed by atoms with van der Waals surface area (Å²) in [6.07, 6.45) is 3.45. The van der Waals surface area contributed by atoms with Gasteiger partial charge >= 0.3 is 0 Å². The number of para-hydroxylation sites is 1. The number of nitrogens with one attached hydrogen (secondary N) is 2. The minimum absolute atomic E-state index is 0.299. The summed E-state index contributed by atoms with van der Waals surface area (Å²) < 4.78 is 5.68. The van der Waals surface area contributed by atoms with Crippen molar-refractivity contribution in [1.29, 1.82) is 0 Å². The lowest BCUT2D eigenvalue weighted by atomic mass is 10.1. The van der Waals surface area contributed by atoms with E-state index >= 15 is 0 Å². The third-order valence-electron chi connectivity index (χ3n) is 4.38. The van der Waals surface area contributed by atoms with Crippen molar-refractivity contribution in [2.24, 2.45) is 0 Å². The molecule has 2 aromatic carbocycles. The fourth-order valence-electron chi connectivity index (χ4n) is 2.94. The molecule has 1 aromatic heterocycles. The number of fused-ring (bicyclic) bond motifs is 1. The molecule has 0 spiro atoms. The van der Waals surface area contributed by atoms with Crippen LogP contribution in [-0.2, 0) is 12.8 Å². The van der Waals surface area contributed by atoms with E-state index in [-0.39, 0.29) is 0 Å². The fraction of sp³-hybridized carbons (Fsp3) is 0.333. The maximum absolute atomic E-state index is 10.1. The topological polar surface area (TPSA) is 57.3 Å². The number of hydrogen-bond donors (Lipinski definition) is 3. The summed E-state index contributed by atoms with van der Waals surface area (Å²) >= 11 is 0. The van der Waals surface area contributed by atoms with Crippen LogP contribution in [0, 0.1) is 0 Å². The second-order valence-corrected chi connectivity index (χ2v) is 6.28. The van der Waals surface area contributed by atoms with Crippen LogP contribution in [-0.4, -0.2) is 35.9 Å². The highest BCUT2D eigenvalue weighted by atomic mass is 16.5. The smallest absolute Gasteiger partial charge is 0.119 e. The van der Waals surface area contributed by atoms with Crippen LogP contribution in [0.4, 0.5) is 0 Å². The van der Waals surface area contributed by atoms with E-state index < -0.39 is 6.10 Å². The van der Waals surface area contributed by atoms with Crippen LogP contribution in [0.1, 0.15) is 18.1 Å². The molecular formula is C21H26N2O2. The molecule has 0 aliphatic carbocycles. The molecule has 0 bridgehead atoms. The Bertz CT molecular complexity index is 797. The normalized spacial score (nSPS) is 12.4. The number of aromatic nitrogens is 1. The highest BCUT2D eigenvalue weighted by Crippen LogP contribution is 2.17. The molecule has 1 atom stereocenters. The molecule has 4 nitrogen and oxygen atoms in total. The minimum Gasteiger partial charge on any atom is -0.491 e. The first-order valence-corrected chi connectivity index (χ1v) is 8.91. The molecule has 3 aromatic rings. The SMILES string of the molecule is CCc1cccc(OCC(O)CNCCc2c[nH]c3ccccc23)c1. The largest absolute Gasteiger partial charge is 0.491 e. The van der Waals surface area contributed by atoms with E-state index in [1.165, 1.54) is 22.0 Å². The molecule has 0 aliphatic heterocycles. The first kappa shape index (κ1) is 17.5. The molecule has 132 valence electrons. The van der Waals surface area contributed by atoms with Gasteiger partial charge < -0.3 is 20.1 Å². The second kappa shape index (κ2) is 8.70. The standard InChI is InChI=1S/C21H26N2O2/c1-2-16-6-5-7-19(12-16)25-15-18(24)14-22-11-10-17-13-23-21-9-4-3-8-20(17)21/h3-9,12-13,18,22-24H,2,10-11,14-15H2,1H3. The molecule has 25 heavy (non-hydrogen) atoms. The number of H-pyrrole nitrogens is 1. The van der Waals surface area contributed by atoms with Gasteiger partial charge in [-0.05, 0) is 48.7 Å². The molecule has 0 fully saturated rings. The van der Waals surface area contributed by atoms with Gasteiger partial charge in [-0.2, -0.15) is 0 Å². The molecule has 0 radical (unpaired) electrons. The first-order valence-electron chi connectivity index (χ1n) is 8.91. The van der Waals surface area contributed by atoms with Crippen molar-refractivity contribution in [2.75, 3.05) is 19.7 Å². The third kappa shape index (κ3) is 4.84. The van der Waals surface area contributed by atoms with Crippen molar-refractivity contribution in [2.45, 2.75) is 25.9 Å². The van der Waals surface area contributed by atoms with Crippen molar-refractivity contribution < 1.29 is 9.84 Å². The summed E-state index contributed by atoms with van der Waals surface area (Å²) in [5, 5.41) is 14.6. The van der Waals surface area contributed by atoms with Crippen molar-refractivity contribution in [3.63, 3.8) is 0 Å². The van der Waals surface area contributed by atoms with Crippen LogP contribution < -0.4 is 10.1 Å². The summed E-state index contributed by atoms with van der Waals surface area (Å²) in [6, 6.07) is 16.3. The highest BCUT2D eigenvalue weighted by Gasteiger charge is 2.06. The Morgan fingerprint density at radius 2 is 2.04 bits per heavy atom. The van der Waals surface area contributed by atoms with Crippen LogP contribution in [0.15, 0.2) is 54.7 Å². The Morgan fingerprint density at radius 1 is 1.16 bits per heavy atom. The van der Waals surface area contributed by atoms with Gasteiger partial charge in [0.05, 0.1) is 0 Å². The predicted octanol–water partition coefficient (Wildman–Crippen LogP) is 3.30. The van der Waals surface area contributed by atoms with Gasteiger partial charge in [-0.15, -0.1) is 0 Å². The molecule has 4 heteroatoms. The van der Waals surface area contributed by atoms with E-state index in [1.807, 2.05) is 24.3 Å². The van der Waals surface area contributed by atoms with Crippen LogP contribution in [0.2, 0.25) is 0 Å². The second-order valence-electron chi connectivity index (χ2n) is 6.28. The molecule has 1 heterocycles. The summed E-state index contributed by atoms with van der Waals surface area (Å²) in [7, 11) is 0. The summed E-state index contributed by atoms with van der Waals surface area (Å²) in [4.78, 5) is 3.29. The zero-order valence-electron chi connectivity index (χ0n) is 14.7. The van der Waals surface area contributed by atoms with Crippen molar-refractivity contribution in [3.05, 3.63) is 65.9 Å². The lowest BCUT2D eigenvalue weighted by Crippen LogP contribution is -2.32. The predicted molar refractivity (Wildman–Crippen MR) is 102 cm³/mol. The molecular weight excluding hydrogens is 312 g/mol. The third-order valence-corrected chi connectivity index (χ3v) is 4.38. The molecule has 0 amide bonds. The van der Waals surface area contributed by atoms with E-state index in [0.29, 0.717) is 13.2 Å². The summed E-state index contributed by atoms with van der Waals surface area (Å²) in [5.74, 6) is 0.817. The molecule has 1 unspecified atom stereocenters. The number of aliphatic hydroxyl groups is 1. The number of aromatic amines is 1. The van der Waals surface area contributed by atoms with Crippen LogP contribution in [0.25, 0.3) is 10.9 Å². The number of hydrogen-bond acceptors (Lipinski definition) is 3. The number of benzene rings is 2. The van der Waals surface area contributed by atoms with Crippen molar-refractivity contribution in [3.8, 4) is 5.75 Å². The Balaban J connectivity index is 1.38. The molecule has 0 saturated carbocycles. The van der Waals surface area contributed by atoms with Gasteiger partial charge in [0.25, 0.3) is 0 Å². The van der Waals surface area contributed by atoms with Gasteiger partial charge in [0, 0.05) is 23.6 Å². The summed E-state index contributed by atoms with van der Waals surface area (Å²) in [6.45, 7) is 3.76. The van der Waals surface area contributed by atoms with Gasteiger partial charge in [-0.25, -0.2) is 0 Å². The molecule has 3 N–H and O–H groups in total. The van der Waals surface area contributed by atoms with Gasteiger partial charge in [0.1, 0.15) is 18.5 Å². The lowest BCUT2D eigenvalue weighted by Gasteiger charge is -2.13. The highest BCUT2D eigenvalue weighted by molar-refractivity contribution is 5.83. The quantitative estimate of drug-likeness (QED) is 0.525. The van der Waals surface area contributed by atoms with Crippen molar-refractivity contribution in [1.82, 2.24) is 10.3 Å². The Labute approximate surface area is 148 Å². The average Bonchev–Trinajstić information content (AvgIpc) is 3.07. The lowest BCUT2D eigenvalue weighted by molar-refractivity contribution is 0.106. The minimum atomic E-state index is -0.520. The fourth-order valence-corrected chi connectivity index (χ4v) is 2.94. The van der Waals surface area contributed by atoms with Crippen LogP contribution >= 0.6 is 0 Å². The number of rotatable bonds is 9. The average molecular weight is 338 g/mol. The number of aliphatic hydroxyl groups excluding tert-OH is 1. The van der Waals surface area contributed by atoms with E-state index in [9.17, 15) is 5.11 Å². The Kier molecular flexibility index (Phi) is 6.09. The van der Waals surface area contributed by atoms with Crippen LogP contribution in [0.5, 0.6) is 5.75 Å². The number of aryl methyl sites for hydroxylation is 1. The molecule has 3 rings (SSSR count). The van der Waals surface area contributed by atoms with Gasteiger partial charge in [0.2, 0.25) is 0 Å². The van der Waals surface area contributed by atoms with E-state index in [1.54, 1.807) is 0 Å². The van der Waals surface area contributed by atoms with Crippen molar-refractivity contribution >= 4 is 10.9 Å². The first-order chi connectivity index (χ1) is 12.3. The van der Waals surface area contributed by atoms with E-state index in [0.717, 1.165) is 25.1 Å². The maximum atomic E-state index is 10.1. The Morgan fingerprint density at radius 3 is 2.92 bits per heavy atom. The zero-order chi connectivity index (χ0) is 17.5. The van der Waals surface area contributed by atoms with Gasteiger partial charge in [0.15, 0.2) is 0 Å². The van der Waals surface area contributed by atoms with Gasteiger partial charge in [-0.1, -0.05) is 37.3 Å². The maximum Gasteiger partial charge on any atom is 0.119 e.